The molecule has 0 N–H and O–H groups in total. The van der Waals surface area contributed by atoms with Gasteiger partial charge in [0.05, 0.1) is 5.25 Å². The fourth-order valence-electron chi connectivity index (χ4n) is 3.20. The number of benzene rings is 2. The van der Waals surface area contributed by atoms with E-state index in [0.29, 0.717) is 17.8 Å². The average Bonchev–Trinajstić information content (AvgIpc) is 2.53. The molecule has 2 heteroatoms. The Morgan fingerprint density at radius 1 is 0.708 bits per heavy atom. The first-order valence-corrected chi connectivity index (χ1v) is 9.83. The molecule has 0 spiro atoms. The van der Waals surface area contributed by atoms with Crippen LogP contribution in [0.1, 0.15) is 92.4 Å². The van der Waals surface area contributed by atoms with Crippen LogP contribution in [0.3, 0.4) is 0 Å². The summed E-state index contributed by atoms with van der Waals surface area (Å²) in [6.45, 7) is 13.6. The third kappa shape index (κ3) is 4.03. The van der Waals surface area contributed by atoms with Crippen LogP contribution in [0, 0.1) is 0 Å². The largest absolute Gasteiger partial charge is 0.166 e. The van der Waals surface area contributed by atoms with Crippen LogP contribution < -0.4 is 0 Å². The summed E-state index contributed by atoms with van der Waals surface area (Å²) < 4.78 is 0. The highest BCUT2D eigenvalue weighted by Gasteiger charge is 2.23. The van der Waals surface area contributed by atoms with E-state index in [1.165, 1.54) is 27.8 Å². The molecule has 0 fully saturated rings. The summed E-state index contributed by atoms with van der Waals surface area (Å²) in [7, 11) is 0. The van der Waals surface area contributed by atoms with Gasteiger partial charge in [0, 0.05) is 4.90 Å². The molecular formula is C22H30S2. The highest BCUT2D eigenvalue weighted by atomic mass is 32.1. The van der Waals surface area contributed by atoms with Crippen molar-refractivity contribution in [2.45, 2.75) is 69.4 Å². The van der Waals surface area contributed by atoms with E-state index in [1.807, 2.05) is 12.1 Å². The molecule has 0 bridgehead atoms. The molecule has 0 amide bonds. The van der Waals surface area contributed by atoms with Gasteiger partial charge >= 0.3 is 0 Å². The molecule has 0 radical (unpaired) electrons. The molecular weight excluding hydrogens is 328 g/mol. The summed E-state index contributed by atoms with van der Waals surface area (Å²) in [5.74, 6) is 1.47. The summed E-state index contributed by atoms with van der Waals surface area (Å²) in [5, 5.41) is 0.0507. The molecule has 2 aromatic rings. The first-order valence-electron chi connectivity index (χ1n) is 8.87. The van der Waals surface area contributed by atoms with E-state index in [4.69, 9.17) is 12.6 Å². The summed E-state index contributed by atoms with van der Waals surface area (Å²) >= 11 is 9.71. The molecule has 1 atom stereocenters. The first-order chi connectivity index (χ1) is 11.2. The van der Waals surface area contributed by atoms with E-state index in [1.54, 1.807) is 0 Å². The minimum Gasteiger partial charge on any atom is -0.166 e. The van der Waals surface area contributed by atoms with Gasteiger partial charge in [0.25, 0.3) is 0 Å². The smallest absolute Gasteiger partial charge is 0.0533 e. The summed E-state index contributed by atoms with van der Waals surface area (Å²) in [6, 6.07) is 13.1. The van der Waals surface area contributed by atoms with Crippen molar-refractivity contribution in [3.05, 3.63) is 64.2 Å². The van der Waals surface area contributed by atoms with Crippen LogP contribution in [0.2, 0.25) is 0 Å². The highest BCUT2D eigenvalue weighted by Crippen LogP contribution is 2.42. The third-order valence-corrected chi connectivity index (χ3v) is 5.63. The standard InChI is InChI=1S/C22H30S2/c1-13(2)16-11-18(14(3)4)21(19(12-16)15(5)6)22(24)17-9-7-8-10-20(17)23/h7-15,22-24H,1-6H3. The molecule has 24 heavy (non-hydrogen) atoms. The van der Waals surface area contributed by atoms with Crippen LogP contribution >= 0.6 is 25.3 Å². The minimum atomic E-state index is 0.0507. The second-order valence-corrected chi connectivity index (χ2v) is 8.54. The molecule has 0 aliphatic heterocycles. The van der Waals surface area contributed by atoms with E-state index in [0.717, 1.165) is 4.90 Å². The topological polar surface area (TPSA) is 0 Å². The monoisotopic (exact) mass is 358 g/mol. The lowest BCUT2D eigenvalue weighted by Gasteiger charge is -2.27. The minimum absolute atomic E-state index is 0.0507. The van der Waals surface area contributed by atoms with E-state index < -0.39 is 0 Å². The maximum Gasteiger partial charge on any atom is 0.0533 e. The molecule has 2 aromatic carbocycles. The van der Waals surface area contributed by atoms with Crippen LogP contribution in [-0.4, -0.2) is 0 Å². The Kier molecular flexibility index (Phi) is 6.50. The Morgan fingerprint density at radius 2 is 1.21 bits per heavy atom. The van der Waals surface area contributed by atoms with Crippen LogP contribution in [0.25, 0.3) is 0 Å². The average molecular weight is 359 g/mol. The molecule has 0 saturated heterocycles. The summed E-state index contributed by atoms with van der Waals surface area (Å²) in [4.78, 5) is 1.01. The molecule has 0 aliphatic rings. The third-order valence-electron chi connectivity index (χ3n) is 4.68. The molecule has 1 unspecified atom stereocenters. The molecule has 0 saturated carbocycles. The summed E-state index contributed by atoms with van der Waals surface area (Å²) in [6.07, 6.45) is 0. The highest BCUT2D eigenvalue weighted by molar-refractivity contribution is 7.81. The van der Waals surface area contributed by atoms with Crippen molar-refractivity contribution < 1.29 is 0 Å². The van der Waals surface area contributed by atoms with Crippen LogP contribution in [-0.2, 0) is 0 Å². The van der Waals surface area contributed by atoms with Crippen molar-refractivity contribution in [1.82, 2.24) is 0 Å². The fraction of sp³-hybridized carbons (Fsp3) is 0.455. The van der Waals surface area contributed by atoms with Gasteiger partial charge in [-0.3, -0.25) is 0 Å². The van der Waals surface area contributed by atoms with Crippen LogP contribution in [0.4, 0.5) is 0 Å². The number of hydrogen-bond acceptors (Lipinski definition) is 2. The maximum absolute atomic E-state index is 5.04. The Labute approximate surface area is 158 Å². The predicted octanol–water partition coefficient (Wildman–Crippen LogP) is 7.36. The molecule has 0 nitrogen and oxygen atoms in total. The van der Waals surface area contributed by atoms with Crippen LogP contribution in [0.15, 0.2) is 41.3 Å². The van der Waals surface area contributed by atoms with E-state index in [-0.39, 0.29) is 5.25 Å². The van der Waals surface area contributed by atoms with Gasteiger partial charge in [-0.05, 0) is 51.6 Å². The van der Waals surface area contributed by atoms with Crippen molar-refractivity contribution in [2.75, 3.05) is 0 Å². The SMILES string of the molecule is CC(C)c1cc(C(C)C)c(C(S)c2ccccc2S)c(C(C)C)c1. The maximum atomic E-state index is 5.04. The zero-order valence-corrected chi connectivity index (χ0v) is 17.5. The molecule has 2 rings (SSSR count). The second-order valence-electron chi connectivity index (χ2n) is 7.54. The zero-order valence-electron chi connectivity index (χ0n) is 15.7. The van der Waals surface area contributed by atoms with Gasteiger partial charge in [-0.1, -0.05) is 71.9 Å². The van der Waals surface area contributed by atoms with Crippen molar-refractivity contribution in [3.8, 4) is 0 Å². The van der Waals surface area contributed by atoms with Gasteiger partial charge in [-0.2, -0.15) is 12.6 Å². The Balaban J connectivity index is 2.73. The second kappa shape index (κ2) is 8.01. The first kappa shape index (κ1) is 19.5. The van der Waals surface area contributed by atoms with Gasteiger partial charge in [-0.15, -0.1) is 12.6 Å². The van der Waals surface area contributed by atoms with Gasteiger partial charge < -0.3 is 0 Å². The van der Waals surface area contributed by atoms with Crippen molar-refractivity contribution in [1.29, 1.82) is 0 Å². The van der Waals surface area contributed by atoms with E-state index in [9.17, 15) is 0 Å². The number of rotatable bonds is 5. The Morgan fingerprint density at radius 3 is 1.62 bits per heavy atom. The van der Waals surface area contributed by atoms with Gasteiger partial charge in [0.15, 0.2) is 0 Å². The quantitative estimate of drug-likeness (QED) is 0.512. The van der Waals surface area contributed by atoms with Crippen LogP contribution in [0.5, 0.6) is 0 Å². The van der Waals surface area contributed by atoms with Crippen molar-refractivity contribution in [2.24, 2.45) is 0 Å². The van der Waals surface area contributed by atoms with Gasteiger partial charge in [0.2, 0.25) is 0 Å². The van der Waals surface area contributed by atoms with E-state index in [2.05, 4.69) is 78.4 Å². The fourth-order valence-corrected chi connectivity index (χ4v) is 4.12. The molecule has 0 heterocycles. The lowest BCUT2D eigenvalue weighted by Crippen LogP contribution is -2.09. The normalized spacial score (nSPS) is 13.1. The zero-order chi connectivity index (χ0) is 18.0. The lowest BCUT2D eigenvalue weighted by atomic mass is 9.82. The summed E-state index contributed by atoms with van der Waals surface area (Å²) in [5.41, 5.74) is 6.81. The number of thiol groups is 2. The van der Waals surface area contributed by atoms with Crippen molar-refractivity contribution >= 4 is 25.3 Å². The van der Waals surface area contributed by atoms with Crippen molar-refractivity contribution in [3.63, 3.8) is 0 Å². The molecule has 130 valence electrons. The Bertz CT molecular complexity index is 670. The molecule has 0 aromatic heterocycles. The number of hydrogen-bond donors (Lipinski definition) is 2. The Hall–Kier alpha value is -0.860. The van der Waals surface area contributed by atoms with E-state index >= 15 is 0 Å². The lowest BCUT2D eigenvalue weighted by molar-refractivity contribution is 0.779. The molecule has 0 aliphatic carbocycles. The predicted molar refractivity (Wildman–Crippen MR) is 113 cm³/mol. The van der Waals surface area contributed by atoms with Gasteiger partial charge in [0.1, 0.15) is 0 Å². The van der Waals surface area contributed by atoms with Gasteiger partial charge in [-0.25, -0.2) is 0 Å².